The number of alkyl halides is 3. The molecule has 5 heteroatoms. The number of halogens is 3. The summed E-state index contributed by atoms with van der Waals surface area (Å²) in [6, 6.07) is 0. The van der Waals surface area contributed by atoms with Crippen molar-refractivity contribution in [3.05, 3.63) is 12.2 Å². The Kier molecular flexibility index (Phi) is 5.62. The standard InChI is InChI=1S/C8H11ClF2O2/c1-2-3-4-5-6-13-7(12)8(9,10)11/h4-5H,2-3,6H2,1H3/b5-4+. The summed E-state index contributed by atoms with van der Waals surface area (Å²) in [4.78, 5) is 10.4. The molecule has 0 bridgehead atoms. The van der Waals surface area contributed by atoms with E-state index in [1.54, 1.807) is 6.08 Å². The molecule has 0 amide bonds. The molecule has 0 saturated carbocycles. The summed E-state index contributed by atoms with van der Waals surface area (Å²) in [5, 5.41) is -3.92. The molecule has 0 fully saturated rings. The Morgan fingerprint density at radius 1 is 1.54 bits per heavy atom. The number of unbranched alkanes of at least 4 members (excludes halogenated alkanes) is 1. The molecule has 0 spiro atoms. The predicted octanol–water partition coefficient (Wildman–Crippen LogP) is 2.72. The first-order chi connectivity index (χ1) is 5.98. The molecule has 0 saturated heterocycles. The molecule has 0 N–H and O–H groups in total. The van der Waals surface area contributed by atoms with Crippen LogP contribution in [0.4, 0.5) is 8.78 Å². The second-order valence-corrected chi connectivity index (χ2v) is 2.83. The lowest BCUT2D eigenvalue weighted by Gasteiger charge is -2.05. The number of allylic oxidation sites excluding steroid dienone is 1. The predicted molar refractivity (Wildman–Crippen MR) is 45.8 cm³/mol. The van der Waals surface area contributed by atoms with Crippen LogP contribution >= 0.6 is 11.6 Å². The Hall–Kier alpha value is -0.640. The molecule has 13 heavy (non-hydrogen) atoms. The van der Waals surface area contributed by atoms with Crippen LogP contribution in [0.3, 0.4) is 0 Å². The highest BCUT2D eigenvalue weighted by Crippen LogP contribution is 2.19. The Bertz CT molecular complexity index is 187. The molecule has 0 aromatic heterocycles. The Labute approximate surface area is 80.5 Å². The molecular formula is C8H11ClF2O2. The zero-order chi connectivity index (χ0) is 10.3. The monoisotopic (exact) mass is 212 g/mol. The van der Waals surface area contributed by atoms with Crippen molar-refractivity contribution in [2.45, 2.75) is 25.1 Å². The lowest BCUT2D eigenvalue weighted by Crippen LogP contribution is -2.24. The van der Waals surface area contributed by atoms with E-state index in [2.05, 4.69) is 16.3 Å². The van der Waals surface area contributed by atoms with Crippen LogP contribution in [-0.2, 0) is 9.53 Å². The van der Waals surface area contributed by atoms with Crippen molar-refractivity contribution in [2.75, 3.05) is 6.61 Å². The fraction of sp³-hybridized carbons (Fsp3) is 0.625. The molecule has 0 aliphatic rings. The van der Waals surface area contributed by atoms with Gasteiger partial charge in [-0.3, -0.25) is 0 Å². The SMILES string of the molecule is CCC/C=C/COC(=O)C(F)(F)Cl. The highest BCUT2D eigenvalue weighted by atomic mass is 35.5. The maximum absolute atomic E-state index is 12.0. The highest BCUT2D eigenvalue weighted by Gasteiger charge is 2.37. The maximum atomic E-state index is 12.0. The van der Waals surface area contributed by atoms with Gasteiger partial charge in [0, 0.05) is 0 Å². The number of carbonyl (C=O) groups is 1. The Morgan fingerprint density at radius 2 is 2.15 bits per heavy atom. The highest BCUT2D eigenvalue weighted by molar-refractivity contribution is 6.31. The molecule has 0 heterocycles. The van der Waals surface area contributed by atoms with Crippen molar-refractivity contribution >= 4 is 17.6 Å². The lowest BCUT2D eigenvalue weighted by molar-refractivity contribution is -0.159. The van der Waals surface area contributed by atoms with E-state index in [9.17, 15) is 13.6 Å². The minimum atomic E-state index is -3.92. The molecule has 76 valence electrons. The summed E-state index contributed by atoms with van der Waals surface area (Å²) in [5.74, 6) is -1.71. The van der Waals surface area contributed by atoms with Crippen molar-refractivity contribution in [2.24, 2.45) is 0 Å². The summed E-state index contributed by atoms with van der Waals surface area (Å²) in [5.41, 5.74) is 0. The summed E-state index contributed by atoms with van der Waals surface area (Å²) < 4.78 is 28.1. The van der Waals surface area contributed by atoms with Gasteiger partial charge in [-0.1, -0.05) is 25.5 Å². The zero-order valence-corrected chi connectivity index (χ0v) is 7.98. The average molecular weight is 213 g/mol. The van der Waals surface area contributed by atoms with Gasteiger partial charge in [0.15, 0.2) is 0 Å². The van der Waals surface area contributed by atoms with Gasteiger partial charge in [-0.2, -0.15) is 8.78 Å². The zero-order valence-electron chi connectivity index (χ0n) is 7.23. The van der Waals surface area contributed by atoms with Gasteiger partial charge in [0.25, 0.3) is 0 Å². The van der Waals surface area contributed by atoms with Gasteiger partial charge in [0.1, 0.15) is 6.61 Å². The smallest absolute Gasteiger partial charge is 0.417 e. The fourth-order valence-electron chi connectivity index (χ4n) is 0.558. The normalized spacial score (nSPS) is 12.0. The fourth-order valence-corrected chi connectivity index (χ4v) is 0.613. The van der Waals surface area contributed by atoms with Crippen LogP contribution in [0.15, 0.2) is 12.2 Å². The molecule has 2 nitrogen and oxygen atoms in total. The molecule has 0 unspecified atom stereocenters. The molecule has 0 atom stereocenters. The summed E-state index contributed by atoms with van der Waals surface area (Å²) in [7, 11) is 0. The molecular weight excluding hydrogens is 202 g/mol. The van der Waals surface area contributed by atoms with Crippen LogP contribution < -0.4 is 0 Å². The number of rotatable bonds is 5. The van der Waals surface area contributed by atoms with Crippen LogP contribution in [0, 0.1) is 0 Å². The van der Waals surface area contributed by atoms with Crippen LogP contribution in [-0.4, -0.2) is 18.0 Å². The summed E-state index contributed by atoms with van der Waals surface area (Å²) >= 11 is 4.39. The molecule has 0 rings (SSSR count). The second-order valence-electron chi connectivity index (χ2n) is 2.36. The van der Waals surface area contributed by atoms with Gasteiger partial charge < -0.3 is 4.74 Å². The molecule has 0 aromatic carbocycles. The van der Waals surface area contributed by atoms with E-state index >= 15 is 0 Å². The van der Waals surface area contributed by atoms with Crippen LogP contribution in [0.25, 0.3) is 0 Å². The minimum absolute atomic E-state index is 0.166. The van der Waals surface area contributed by atoms with Crippen LogP contribution in [0.5, 0.6) is 0 Å². The molecule has 0 aromatic rings. The lowest BCUT2D eigenvalue weighted by atomic mass is 10.3. The first kappa shape index (κ1) is 12.4. The van der Waals surface area contributed by atoms with Gasteiger partial charge in [0.2, 0.25) is 0 Å². The van der Waals surface area contributed by atoms with Gasteiger partial charge in [0.05, 0.1) is 0 Å². The van der Waals surface area contributed by atoms with Gasteiger partial charge >= 0.3 is 11.4 Å². The van der Waals surface area contributed by atoms with Crippen molar-refractivity contribution < 1.29 is 18.3 Å². The van der Waals surface area contributed by atoms with E-state index in [0.717, 1.165) is 12.8 Å². The van der Waals surface area contributed by atoms with E-state index in [1.165, 1.54) is 6.08 Å². The summed E-state index contributed by atoms with van der Waals surface area (Å²) in [6.45, 7) is 1.81. The average Bonchev–Trinajstić information content (AvgIpc) is 2.02. The van der Waals surface area contributed by atoms with Crippen molar-refractivity contribution in [1.82, 2.24) is 0 Å². The largest absolute Gasteiger partial charge is 0.456 e. The first-order valence-electron chi connectivity index (χ1n) is 3.87. The number of ether oxygens (including phenoxy) is 1. The maximum Gasteiger partial charge on any atom is 0.417 e. The number of hydrogen-bond donors (Lipinski definition) is 0. The quantitative estimate of drug-likeness (QED) is 0.398. The van der Waals surface area contributed by atoms with E-state index in [-0.39, 0.29) is 6.61 Å². The third kappa shape index (κ3) is 6.51. The van der Waals surface area contributed by atoms with Gasteiger partial charge in [-0.15, -0.1) is 0 Å². The summed E-state index contributed by atoms with van der Waals surface area (Å²) in [6.07, 6.45) is 5.04. The Balaban J connectivity index is 3.60. The second kappa shape index (κ2) is 5.91. The van der Waals surface area contributed by atoms with Crippen LogP contribution in [0.2, 0.25) is 0 Å². The van der Waals surface area contributed by atoms with Gasteiger partial charge in [-0.25, -0.2) is 4.79 Å². The number of hydrogen-bond acceptors (Lipinski definition) is 2. The van der Waals surface area contributed by atoms with E-state index in [1.807, 2.05) is 6.92 Å². The van der Waals surface area contributed by atoms with Crippen molar-refractivity contribution in [3.8, 4) is 0 Å². The van der Waals surface area contributed by atoms with Crippen LogP contribution in [0.1, 0.15) is 19.8 Å². The van der Waals surface area contributed by atoms with Crippen molar-refractivity contribution in [3.63, 3.8) is 0 Å². The molecule has 0 aliphatic carbocycles. The number of esters is 1. The first-order valence-corrected chi connectivity index (χ1v) is 4.25. The van der Waals surface area contributed by atoms with E-state index < -0.39 is 11.4 Å². The topological polar surface area (TPSA) is 26.3 Å². The third-order valence-electron chi connectivity index (χ3n) is 1.16. The molecule has 0 aliphatic heterocycles. The van der Waals surface area contributed by atoms with Gasteiger partial charge in [-0.05, 0) is 18.0 Å². The van der Waals surface area contributed by atoms with E-state index in [4.69, 9.17) is 0 Å². The molecule has 0 radical (unpaired) electrons. The minimum Gasteiger partial charge on any atom is -0.456 e. The van der Waals surface area contributed by atoms with E-state index in [0.29, 0.717) is 0 Å². The Morgan fingerprint density at radius 3 is 2.62 bits per heavy atom. The van der Waals surface area contributed by atoms with Crippen molar-refractivity contribution in [1.29, 1.82) is 0 Å². The third-order valence-corrected chi connectivity index (χ3v) is 1.32. The number of carbonyl (C=O) groups excluding carboxylic acids is 1.